The van der Waals surface area contributed by atoms with E-state index in [9.17, 15) is 10.1 Å². The first-order valence-electron chi connectivity index (χ1n) is 5.33. The second kappa shape index (κ2) is 4.85. The van der Waals surface area contributed by atoms with Gasteiger partial charge in [0.05, 0.1) is 9.95 Å². The van der Waals surface area contributed by atoms with Crippen LogP contribution in [0.4, 0.5) is 11.4 Å². The molecule has 92 valence electrons. The van der Waals surface area contributed by atoms with Crippen molar-refractivity contribution in [2.75, 3.05) is 25.0 Å². The Morgan fingerprint density at radius 1 is 1.65 bits per heavy atom. The van der Waals surface area contributed by atoms with Crippen molar-refractivity contribution in [1.29, 1.82) is 0 Å². The van der Waals surface area contributed by atoms with Crippen LogP contribution in [-0.2, 0) is 0 Å². The Balaban J connectivity index is 2.34. The summed E-state index contributed by atoms with van der Waals surface area (Å²) in [6, 6.07) is 0.346. The predicted molar refractivity (Wildman–Crippen MR) is 65.6 cm³/mol. The molecule has 17 heavy (non-hydrogen) atoms. The van der Waals surface area contributed by atoms with Crippen LogP contribution < -0.4 is 10.2 Å². The summed E-state index contributed by atoms with van der Waals surface area (Å²) >= 11 is 6.02. The van der Waals surface area contributed by atoms with Crippen LogP contribution in [0.5, 0.6) is 0 Å². The number of likely N-dealkylation sites (N-methyl/N-ethyl adjacent to an activating group) is 1. The van der Waals surface area contributed by atoms with Gasteiger partial charge >= 0.3 is 5.69 Å². The summed E-state index contributed by atoms with van der Waals surface area (Å²) in [5, 5.41) is 14.4. The van der Waals surface area contributed by atoms with E-state index in [1.54, 1.807) is 0 Å². The summed E-state index contributed by atoms with van der Waals surface area (Å²) in [7, 11) is 1.89. The summed E-state index contributed by atoms with van der Waals surface area (Å²) in [5.41, 5.74) is 0.443. The Labute approximate surface area is 104 Å². The lowest BCUT2D eigenvalue weighted by molar-refractivity contribution is -0.384. The summed E-state index contributed by atoms with van der Waals surface area (Å²) in [6.45, 7) is 1.48. The van der Waals surface area contributed by atoms with Crippen LogP contribution in [0, 0.1) is 10.1 Å². The number of aromatic nitrogens is 1. The molecule has 0 amide bonds. The minimum atomic E-state index is -0.444. The first-order chi connectivity index (χ1) is 8.13. The normalized spacial score (nSPS) is 19.6. The minimum Gasteiger partial charge on any atom is -0.363 e. The average molecular weight is 257 g/mol. The first kappa shape index (κ1) is 12.1. The van der Waals surface area contributed by atoms with Crippen molar-refractivity contribution in [3.05, 3.63) is 27.5 Å². The van der Waals surface area contributed by atoms with E-state index in [-0.39, 0.29) is 5.69 Å². The number of hydrogen-bond acceptors (Lipinski definition) is 5. The lowest BCUT2D eigenvalue weighted by Gasteiger charge is -2.19. The maximum atomic E-state index is 10.9. The fourth-order valence-corrected chi connectivity index (χ4v) is 2.34. The Bertz CT molecular complexity index is 440. The predicted octanol–water partition coefficient (Wildman–Crippen LogP) is 1.44. The quantitative estimate of drug-likeness (QED) is 0.655. The maximum absolute atomic E-state index is 10.9. The molecule has 0 saturated carbocycles. The Morgan fingerprint density at radius 3 is 3.00 bits per heavy atom. The number of pyridine rings is 1. The van der Waals surface area contributed by atoms with Gasteiger partial charge in [0.2, 0.25) is 0 Å². The number of hydrogen-bond donors (Lipinski definition) is 1. The van der Waals surface area contributed by atoms with E-state index in [1.165, 1.54) is 12.4 Å². The highest BCUT2D eigenvalue weighted by Crippen LogP contribution is 2.36. The van der Waals surface area contributed by atoms with Gasteiger partial charge in [-0.1, -0.05) is 11.6 Å². The molecule has 0 aliphatic carbocycles. The molecule has 2 heterocycles. The molecule has 1 N–H and O–H groups in total. The second-order valence-corrected chi connectivity index (χ2v) is 4.37. The highest BCUT2D eigenvalue weighted by molar-refractivity contribution is 6.33. The lowest BCUT2D eigenvalue weighted by Crippen LogP contribution is -2.29. The fourth-order valence-electron chi connectivity index (χ4n) is 2.06. The Hall–Kier alpha value is -1.40. The van der Waals surface area contributed by atoms with E-state index in [1.807, 2.05) is 11.9 Å². The second-order valence-electron chi connectivity index (χ2n) is 3.97. The fraction of sp³-hybridized carbons (Fsp3) is 0.500. The zero-order valence-electron chi connectivity index (χ0n) is 9.39. The molecule has 0 bridgehead atoms. The zero-order valence-corrected chi connectivity index (χ0v) is 10.1. The molecule has 1 atom stereocenters. The van der Waals surface area contributed by atoms with E-state index in [2.05, 4.69) is 10.3 Å². The van der Waals surface area contributed by atoms with Crippen LogP contribution in [-0.4, -0.2) is 36.1 Å². The van der Waals surface area contributed by atoms with Crippen LogP contribution in [0.25, 0.3) is 0 Å². The molecule has 1 saturated heterocycles. The monoisotopic (exact) mass is 256 g/mol. The SMILES string of the molecule is CNC1CCN(c2c(Cl)cncc2[N+](=O)[O-])C1. The molecule has 1 unspecified atom stereocenters. The molecule has 7 heteroatoms. The van der Waals surface area contributed by atoms with E-state index >= 15 is 0 Å². The lowest BCUT2D eigenvalue weighted by atomic mass is 10.3. The molecule has 1 aliphatic rings. The molecule has 0 radical (unpaired) electrons. The number of nitro groups is 1. The third-order valence-electron chi connectivity index (χ3n) is 2.96. The van der Waals surface area contributed by atoms with Gasteiger partial charge in [-0.05, 0) is 13.5 Å². The zero-order chi connectivity index (χ0) is 12.4. The summed E-state index contributed by atoms with van der Waals surface area (Å²) in [5.74, 6) is 0. The van der Waals surface area contributed by atoms with Crippen LogP contribution in [0.15, 0.2) is 12.4 Å². The van der Waals surface area contributed by atoms with Crippen molar-refractivity contribution < 1.29 is 4.92 Å². The van der Waals surface area contributed by atoms with Gasteiger partial charge in [0.25, 0.3) is 0 Å². The van der Waals surface area contributed by atoms with Crippen molar-refractivity contribution in [3.63, 3.8) is 0 Å². The third kappa shape index (κ3) is 2.32. The van der Waals surface area contributed by atoms with Gasteiger partial charge < -0.3 is 10.2 Å². The van der Waals surface area contributed by atoms with Crippen LogP contribution in [0.1, 0.15) is 6.42 Å². The Morgan fingerprint density at radius 2 is 2.41 bits per heavy atom. The number of rotatable bonds is 3. The van der Waals surface area contributed by atoms with Crippen molar-refractivity contribution in [2.45, 2.75) is 12.5 Å². The highest BCUT2D eigenvalue weighted by atomic mass is 35.5. The van der Waals surface area contributed by atoms with Gasteiger partial charge in [-0.25, -0.2) is 0 Å². The van der Waals surface area contributed by atoms with Gasteiger partial charge in [-0.2, -0.15) is 0 Å². The van der Waals surface area contributed by atoms with E-state index in [0.29, 0.717) is 16.8 Å². The Kier molecular flexibility index (Phi) is 3.44. The van der Waals surface area contributed by atoms with E-state index < -0.39 is 4.92 Å². The minimum absolute atomic E-state index is 0.0331. The largest absolute Gasteiger partial charge is 0.363 e. The van der Waals surface area contributed by atoms with E-state index in [0.717, 1.165) is 19.5 Å². The molecule has 1 aromatic rings. The molecule has 2 rings (SSSR count). The van der Waals surface area contributed by atoms with Gasteiger partial charge in [0, 0.05) is 25.3 Å². The topological polar surface area (TPSA) is 71.3 Å². The third-order valence-corrected chi connectivity index (χ3v) is 3.24. The van der Waals surface area contributed by atoms with Crippen LogP contribution in [0.2, 0.25) is 5.02 Å². The van der Waals surface area contributed by atoms with Crippen molar-refractivity contribution in [1.82, 2.24) is 10.3 Å². The highest BCUT2D eigenvalue weighted by Gasteiger charge is 2.29. The van der Waals surface area contributed by atoms with Crippen LogP contribution >= 0.6 is 11.6 Å². The molecule has 1 aliphatic heterocycles. The van der Waals surface area contributed by atoms with Gasteiger partial charge in [-0.3, -0.25) is 15.1 Å². The van der Waals surface area contributed by atoms with Crippen molar-refractivity contribution >= 4 is 23.0 Å². The number of nitrogens with one attached hydrogen (secondary N) is 1. The standard InChI is InChI=1S/C10H13ClN4O2/c1-12-7-2-3-14(6-7)10-8(11)4-13-5-9(10)15(16)17/h4-5,7,12H,2-3,6H2,1H3. The molecule has 0 aromatic carbocycles. The molecular formula is C10H13ClN4O2. The first-order valence-corrected chi connectivity index (χ1v) is 5.71. The van der Waals surface area contributed by atoms with Crippen LogP contribution in [0.3, 0.4) is 0 Å². The maximum Gasteiger partial charge on any atom is 0.312 e. The van der Waals surface area contributed by atoms with Gasteiger partial charge in [0.1, 0.15) is 11.9 Å². The summed E-state index contributed by atoms with van der Waals surface area (Å²) < 4.78 is 0. The smallest absolute Gasteiger partial charge is 0.312 e. The molecular weight excluding hydrogens is 244 g/mol. The van der Waals surface area contributed by atoms with Gasteiger partial charge in [0.15, 0.2) is 0 Å². The van der Waals surface area contributed by atoms with E-state index in [4.69, 9.17) is 11.6 Å². The molecule has 0 spiro atoms. The molecule has 6 nitrogen and oxygen atoms in total. The molecule has 1 aromatic heterocycles. The average Bonchev–Trinajstić information content (AvgIpc) is 2.76. The number of nitrogens with zero attached hydrogens (tertiary/aromatic N) is 3. The number of halogens is 1. The van der Waals surface area contributed by atoms with Crippen molar-refractivity contribution in [2.24, 2.45) is 0 Å². The summed E-state index contributed by atoms with van der Waals surface area (Å²) in [4.78, 5) is 16.2. The molecule has 1 fully saturated rings. The number of anilines is 1. The van der Waals surface area contributed by atoms with Gasteiger partial charge in [-0.15, -0.1) is 0 Å². The van der Waals surface area contributed by atoms with Crippen molar-refractivity contribution in [3.8, 4) is 0 Å². The summed E-state index contributed by atoms with van der Waals surface area (Å²) in [6.07, 6.45) is 3.64.